The second-order valence-corrected chi connectivity index (χ2v) is 6.78. The summed E-state index contributed by atoms with van der Waals surface area (Å²) in [6.45, 7) is 0. The Kier molecular flexibility index (Phi) is 4.90. The Morgan fingerprint density at radius 1 is 1.19 bits per heavy atom. The number of hydrogen-bond acceptors (Lipinski definition) is 3. The third-order valence-electron chi connectivity index (χ3n) is 3.65. The first-order chi connectivity index (χ1) is 12.2. The number of rotatable bonds is 3. The molecule has 0 radical (unpaired) electrons. The molecule has 1 atom stereocenters. The Balaban J connectivity index is 1.70. The maximum atomic E-state index is 13.5. The smallest absolute Gasteiger partial charge is 0.324 e. The van der Waals surface area contributed by atoms with E-state index in [4.69, 9.17) is 0 Å². The Bertz CT molecular complexity index is 870. The van der Waals surface area contributed by atoms with Gasteiger partial charge in [-0.3, -0.25) is 9.59 Å². The number of fused-ring (bicyclic) bond motifs is 1. The Labute approximate surface area is 150 Å². The zero-order chi connectivity index (χ0) is 18.9. The summed E-state index contributed by atoms with van der Waals surface area (Å²) >= 11 is 0.994. The molecule has 0 saturated carbocycles. The van der Waals surface area contributed by atoms with Crippen LogP contribution < -0.4 is 10.6 Å². The van der Waals surface area contributed by atoms with Crippen molar-refractivity contribution in [3.05, 3.63) is 53.8 Å². The molecule has 26 heavy (non-hydrogen) atoms. The summed E-state index contributed by atoms with van der Waals surface area (Å²) in [7, 11) is 0. The fraction of sp³-hybridized carbons (Fsp3) is 0.176. The van der Waals surface area contributed by atoms with Crippen molar-refractivity contribution in [2.75, 3.05) is 10.6 Å². The molecule has 0 spiro atoms. The van der Waals surface area contributed by atoms with Gasteiger partial charge in [0, 0.05) is 11.3 Å². The molecule has 0 fully saturated rings. The molecule has 2 aromatic rings. The number of anilines is 2. The molecular formula is C17H12F4N2O2S. The standard InChI is InChI=1S/C17H12F4N2O2S/c18-10-3-1-2-4-11(10)22-15(24)8-14-16(25)23-12-7-9(17(19,20)21)5-6-13(12)26-14/h1-7,14H,8H2,(H,22,24)(H,23,25)/t14-/m0/s1. The van der Waals surface area contributed by atoms with E-state index in [9.17, 15) is 27.2 Å². The van der Waals surface area contributed by atoms with E-state index in [-0.39, 0.29) is 17.8 Å². The van der Waals surface area contributed by atoms with Crippen LogP contribution >= 0.6 is 11.8 Å². The van der Waals surface area contributed by atoms with E-state index in [0.717, 1.165) is 23.9 Å². The Morgan fingerprint density at radius 3 is 2.62 bits per heavy atom. The molecule has 0 aliphatic carbocycles. The topological polar surface area (TPSA) is 58.2 Å². The molecule has 1 heterocycles. The van der Waals surface area contributed by atoms with Gasteiger partial charge in [-0.25, -0.2) is 4.39 Å². The van der Waals surface area contributed by atoms with Gasteiger partial charge in [-0.1, -0.05) is 12.1 Å². The maximum absolute atomic E-state index is 13.5. The van der Waals surface area contributed by atoms with E-state index < -0.39 is 34.6 Å². The van der Waals surface area contributed by atoms with Gasteiger partial charge in [0.25, 0.3) is 0 Å². The van der Waals surface area contributed by atoms with Crippen LogP contribution in [0.2, 0.25) is 0 Å². The molecule has 1 aliphatic rings. The van der Waals surface area contributed by atoms with Crippen LogP contribution in [0.1, 0.15) is 12.0 Å². The summed E-state index contributed by atoms with van der Waals surface area (Å²) in [6.07, 6.45) is -4.76. The van der Waals surface area contributed by atoms with Gasteiger partial charge < -0.3 is 10.6 Å². The van der Waals surface area contributed by atoms with Gasteiger partial charge in [-0.15, -0.1) is 11.8 Å². The number of alkyl halides is 3. The number of para-hydroxylation sites is 1. The first-order valence-corrected chi connectivity index (χ1v) is 8.35. The normalized spacial score (nSPS) is 16.6. The number of amides is 2. The second kappa shape index (κ2) is 6.99. The lowest BCUT2D eigenvalue weighted by atomic mass is 10.1. The minimum Gasteiger partial charge on any atom is -0.324 e. The average Bonchev–Trinajstić information content (AvgIpc) is 2.56. The molecule has 9 heteroatoms. The highest BCUT2D eigenvalue weighted by molar-refractivity contribution is 8.01. The van der Waals surface area contributed by atoms with Crippen LogP contribution in [-0.2, 0) is 15.8 Å². The molecule has 2 amide bonds. The lowest BCUT2D eigenvalue weighted by Gasteiger charge is -2.24. The summed E-state index contributed by atoms with van der Waals surface area (Å²) in [6, 6.07) is 8.62. The van der Waals surface area contributed by atoms with Crippen molar-refractivity contribution in [2.45, 2.75) is 22.7 Å². The average molecular weight is 384 g/mol. The third kappa shape index (κ3) is 3.98. The van der Waals surface area contributed by atoms with Crippen LogP contribution in [0, 0.1) is 5.82 Å². The van der Waals surface area contributed by atoms with E-state index in [1.165, 1.54) is 24.3 Å². The lowest BCUT2D eigenvalue weighted by Crippen LogP contribution is -2.32. The SMILES string of the molecule is O=C(C[C@@H]1Sc2ccc(C(F)(F)F)cc2NC1=O)Nc1ccccc1F. The van der Waals surface area contributed by atoms with Crippen molar-refractivity contribution >= 4 is 35.0 Å². The molecule has 136 valence electrons. The molecule has 0 aromatic heterocycles. The lowest BCUT2D eigenvalue weighted by molar-refractivity contribution is -0.137. The zero-order valence-corrected chi connectivity index (χ0v) is 13.9. The monoisotopic (exact) mass is 384 g/mol. The predicted octanol–water partition coefficient (Wildman–Crippen LogP) is 4.29. The zero-order valence-electron chi connectivity index (χ0n) is 13.1. The van der Waals surface area contributed by atoms with Crippen molar-refractivity contribution in [1.82, 2.24) is 0 Å². The van der Waals surface area contributed by atoms with Crippen molar-refractivity contribution in [3.63, 3.8) is 0 Å². The van der Waals surface area contributed by atoms with Crippen molar-refractivity contribution in [2.24, 2.45) is 0 Å². The summed E-state index contributed by atoms with van der Waals surface area (Å²) < 4.78 is 51.8. The van der Waals surface area contributed by atoms with Crippen molar-refractivity contribution in [3.8, 4) is 0 Å². The van der Waals surface area contributed by atoms with Gasteiger partial charge in [0.2, 0.25) is 11.8 Å². The Hall–Kier alpha value is -2.55. The summed E-state index contributed by atoms with van der Waals surface area (Å²) in [5.74, 6) is -1.75. The quantitative estimate of drug-likeness (QED) is 0.777. The van der Waals surface area contributed by atoms with Gasteiger partial charge in [-0.2, -0.15) is 13.2 Å². The minimum atomic E-state index is -4.51. The highest BCUT2D eigenvalue weighted by Crippen LogP contribution is 2.40. The van der Waals surface area contributed by atoms with Crippen LogP contribution in [-0.4, -0.2) is 17.1 Å². The van der Waals surface area contributed by atoms with Crippen molar-refractivity contribution in [1.29, 1.82) is 0 Å². The molecule has 0 unspecified atom stereocenters. The van der Waals surface area contributed by atoms with Crippen LogP contribution in [0.3, 0.4) is 0 Å². The van der Waals surface area contributed by atoms with Gasteiger partial charge in [0.15, 0.2) is 0 Å². The fourth-order valence-corrected chi connectivity index (χ4v) is 3.48. The van der Waals surface area contributed by atoms with Gasteiger partial charge in [0.1, 0.15) is 5.82 Å². The molecule has 3 rings (SSSR count). The molecule has 2 aromatic carbocycles. The van der Waals surface area contributed by atoms with E-state index in [1.807, 2.05) is 0 Å². The molecule has 2 N–H and O–H groups in total. The highest BCUT2D eigenvalue weighted by Gasteiger charge is 2.34. The second-order valence-electron chi connectivity index (χ2n) is 5.54. The molecule has 0 saturated heterocycles. The summed E-state index contributed by atoms with van der Waals surface area (Å²) in [5.41, 5.74) is -0.817. The number of thioether (sulfide) groups is 1. The fourth-order valence-electron chi connectivity index (χ4n) is 2.39. The Morgan fingerprint density at radius 2 is 1.92 bits per heavy atom. The van der Waals surface area contributed by atoms with Crippen LogP contribution in [0.25, 0.3) is 0 Å². The summed E-state index contributed by atoms with van der Waals surface area (Å²) in [4.78, 5) is 24.6. The molecule has 1 aliphatic heterocycles. The highest BCUT2D eigenvalue weighted by atomic mass is 32.2. The van der Waals surface area contributed by atoms with E-state index in [1.54, 1.807) is 6.07 Å². The number of halogens is 4. The number of hydrogen-bond donors (Lipinski definition) is 2. The maximum Gasteiger partial charge on any atom is 0.416 e. The van der Waals surface area contributed by atoms with Crippen LogP contribution in [0.5, 0.6) is 0 Å². The van der Waals surface area contributed by atoms with Crippen LogP contribution in [0.15, 0.2) is 47.4 Å². The first kappa shape index (κ1) is 18.2. The minimum absolute atomic E-state index is 0.00561. The largest absolute Gasteiger partial charge is 0.416 e. The van der Waals surface area contributed by atoms with Crippen LogP contribution in [0.4, 0.5) is 28.9 Å². The molecular weight excluding hydrogens is 372 g/mol. The van der Waals surface area contributed by atoms with Gasteiger partial charge in [-0.05, 0) is 30.3 Å². The number of carbonyl (C=O) groups is 2. The van der Waals surface area contributed by atoms with Gasteiger partial charge in [0.05, 0.1) is 22.2 Å². The van der Waals surface area contributed by atoms with Crippen molar-refractivity contribution < 1.29 is 27.2 Å². The van der Waals surface area contributed by atoms with Gasteiger partial charge >= 0.3 is 6.18 Å². The van der Waals surface area contributed by atoms with E-state index in [0.29, 0.717) is 4.90 Å². The number of nitrogens with one attached hydrogen (secondary N) is 2. The van der Waals surface area contributed by atoms with E-state index >= 15 is 0 Å². The molecule has 4 nitrogen and oxygen atoms in total. The summed E-state index contributed by atoms with van der Waals surface area (Å²) in [5, 5.41) is 3.94. The number of carbonyl (C=O) groups excluding carboxylic acids is 2. The number of benzene rings is 2. The van der Waals surface area contributed by atoms with E-state index in [2.05, 4.69) is 10.6 Å². The third-order valence-corrected chi connectivity index (χ3v) is 4.92. The predicted molar refractivity (Wildman–Crippen MR) is 89.4 cm³/mol. The first-order valence-electron chi connectivity index (χ1n) is 7.47. The molecule has 0 bridgehead atoms.